The Bertz CT molecular complexity index is 1130. The number of hydrogen-bond acceptors (Lipinski definition) is 3. The molecule has 0 bridgehead atoms. The number of rotatable bonds is 5. The van der Waals surface area contributed by atoms with Crippen LogP contribution < -0.4 is 4.90 Å². The van der Waals surface area contributed by atoms with Gasteiger partial charge in [-0.15, -0.1) is 0 Å². The number of benzene rings is 3. The van der Waals surface area contributed by atoms with Gasteiger partial charge in [0, 0.05) is 56.5 Å². The van der Waals surface area contributed by atoms with Gasteiger partial charge in [-0.25, -0.2) is 0 Å². The van der Waals surface area contributed by atoms with Crippen LogP contribution >= 0.6 is 0 Å². The first-order valence-corrected chi connectivity index (χ1v) is 12.2. The first-order chi connectivity index (χ1) is 16.5. The summed E-state index contributed by atoms with van der Waals surface area (Å²) in [5.41, 5.74) is 4.31. The molecule has 34 heavy (non-hydrogen) atoms. The second kappa shape index (κ2) is 9.09. The summed E-state index contributed by atoms with van der Waals surface area (Å²) >= 11 is 0. The number of hydrogen-bond donors (Lipinski definition) is 0. The maximum Gasteiger partial charge on any atom is 0.227 e. The minimum atomic E-state index is -0.266. The Morgan fingerprint density at radius 1 is 0.882 bits per heavy atom. The van der Waals surface area contributed by atoms with E-state index in [0.717, 1.165) is 17.7 Å². The van der Waals surface area contributed by atoms with Gasteiger partial charge >= 0.3 is 0 Å². The molecule has 0 N–H and O–H groups in total. The third kappa shape index (κ3) is 3.81. The van der Waals surface area contributed by atoms with Crippen molar-refractivity contribution >= 4 is 17.4 Å². The van der Waals surface area contributed by atoms with Gasteiger partial charge in [0.25, 0.3) is 0 Å². The van der Waals surface area contributed by atoms with Crippen molar-refractivity contribution in [2.45, 2.75) is 24.7 Å². The molecule has 174 valence electrons. The molecular weight excluding hydrogens is 420 g/mol. The molecule has 0 radical (unpaired) electrons. The van der Waals surface area contributed by atoms with Crippen LogP contribution in [-0.4, -0.2) is 43.8 Å². The van der Waals surface area contributed by atoms with Gasteiger partial charge in [0.2, 0.25) is 5.91 Å². The molecule has 1 amide bonds. The lowest BCUT2D eigenvalue weighted by Crippen LogP contribution is -2.47. The van der Waals surface area contributed by atoms with E-state index >= 15 is 0 Å². The Kier molecular flexibility index (Phi) is 5.99. The van der Waals surface area contributed by atoms with E-state index < -0.39 is 0 Å². The summed E-state index contributed by atoms with van der Waals surface area (Å²) in [7, 11) is 4.00. The van der Waals surface area contributed by atoms with Crippen LogP contribution in [0.3, 0.4) is 0 Å². The summed E-state index contributed by atoms with van der Waals surface area (Å²) in [4.78, 5) is 30.7. The summed E-state index contributed by atoms with van der Waals surface area (Å²) in [6.45, 7) is 1.14. The summed E-state index contributed by atoms with van der Waals surface area (Å²) in [5.74, 6) is 0.358. The minimum absolute atomic E-state index is 0.0755. The van der Waals surface area contributed by atoms with Crippen molar-refractivity contribution in [3.63, 3.8) is 0 Å². The Morgan fingerprint density at radius 2 is 1.47 bits per heavy atom. The van der Waals surface area contributed by atoms with E-state index in [0.29, 0.717) is 31.7 Å². The summed E-state index contributed by atoms with van der Waals surface area (Å²) < 4.78 is 0. The average molecular weight is 453 g/mol. The number of ketones is 1. The number of carbonyl (C=O) groups is 2. The Balaban J connectivity index is 1.50. The number of para-hydroxylation sites is 1. The molecule has 2 fully saturated rings. The van der Waals surface area contributed by atoms with Gasteiger partial charge in [0.05, 0.1) is 6.42 Å². The molecule has 0 spiro atoms. The normalized spacial score (nSPS) is 21.2. The molecule has 3 aromatic carbocycles. The lowest BCUT2D eigenvalue weighted by atomic mass is 9.56. The van der Waals surface area contributed by atoms with Gasteiger partial charge in [0.15, 0.2) is 0 Å². The molecule has 1 saturated heterocycles. The summed E-state index contributed by atoms with van der Waals surface area (Å²) in [6, 6.07) is 29.3. The topological polar surface area (TPSA) is 40.6 Å². The van der Waals surface area contributed by atoms with Crippen LogP contribution in [-0.2, 0) is 21.4 Å². The fraction of sp³-hybridized carbons (Fsp3) is 0.333. The Labute approximate surface area is 202 Å². The number of nitrogens with zero attached hydrogens (tertiary/aromatic N) is 2. The molecule has 2 aliphatic rings. The van der Waals surface area contributed by atoms with E-state index in [1.54, 1.807) is 0 Å². The number of likely N-dealkylation sites (tertiary alicyclic amines) is 1. The molecular formula is C30H32N2O2. The quantitative estimate of drug-likeness (QED) is 0.563. The maximum atomic E-state index is 13.5. The van der Waals surface area contributed by atoms with Crippen molar-refractivity contribution in [1.82, 2.24) is 4.90 Å². The smallest absolute Gasteiger partial charge is 0.227 e. The van der Waals surface area contributed by atoms with Gasteiger partial charge in [-0.1, -0.05) is 78.9 Å². The highest BCUT2D eigenvalue weighted by molar-refractivity contribution is 5.87. The highest BCUT2D eigenvalue weighted by atomic mass is 16.2. The number of Topliss-reactive ketones (excluding diaryl/α,β-unsaturated/α-hetero) is 1. The van der Waals surface area contributed by atoms with Crippen molar-refractivity contribution in [2.75, 3.05) is 32.1 Å². The van der Waals surface area contributed by atoms with E-state index in [-0.39, 0.29) is 23.2 Å². The van der Waals surface area contributed by atoms with Gasteiger partial charge in [-0.05, 0) is 29.2 Å². The summed E-state index contributed by atoms with van der Waals surface area (Å²) in [5, 5.41) is 0. The van der Waals surface area contributed by atoms with Gasteiger partial charge in [-0.2, -0.15) is 0 Å². The lowest BCUT2D eigenvalue weighted by Gasteiger charge is -2.45. The third-order valence-corrected chi connectivity index (χ3v) is 7.88. The molecule has 1 aliphatic carbocycles. The van der Waals surface area contributed by atoms with Crippen LogP contribution in [0, 0.1) is 11.8 Å². The second-order valence-corrected chi connectivity index (χ2v) is 9.88. The zero-order valence-corrected chi connectivity index (χ0v) is 20.0. The standard InChI is InChI=1S/C30H32N2O2/c1-31(2)27-16-10-9-11-22(27)19-29(34)32-20-25-26(21-32)30(18-17-28(25)33,23-12-5-3-6-13-23)24-14-7-4-8-15-24/h3-16,25-26H,17-21H2,1-2H3. The molecule has 1 heterocycles. The van der Waals surface area contributed by atoms with Crippen LogP contribution in [0.2, 0.25) is 0 Å². The largest absolute Gasteiger partial charge is 0.377 e. The molecule has 2 unspecified atom stereocenters. The van der Waals surface area contributed by atoms with Crippen molar-refractivity contribution in [3.05, 3.63) is 102 Å². The number of fused-ring (bicyclic) bond motifs is 1. The average Bonchev–Trinajstić information content (AvgIpc) is 3.33. The Hall–Kier alpha value is -3.40. The Morgan fingerprint density at radius 3 is 2.09 bits per heavy atom. The molecule has 3 aromatic rings. The molecule has 5 rings (SSSR count). The number of amides is 1. The van der Waals surface area contributed by atoms with Crippen molar-refractivity contribution < 1.29 is 9.59 Å². The van der Waals surface area contributed by atoms with Crippen LogP contribution in [0.25, 0.3) is 0 Å². The van der Waals surface area contributed by atoms with E-state index in [1.807, 2.05) is 60.3 Å². The van der Waals surface area contributed by atoms with Crippen molar-refractivity contribution in [1.29, 1.82) is 0 Å². The predicted molar refractivity (Wildman–Crippen MR) is 136 cm³/mol. The van der Waals surface area contributed by atoms with E-state index in [4.69, 9.17) is 0 Å². The second-order valence-electron chi connectivity index (χ2n) is 9.88. The van der Waals surface area contributed by atoms with Crippen LogP contribution in [0.1, 0.15) is 29.5 Å². The first-order valence-electron chi connectivity index (χ1n) is 12.2. The van der Waals surface area contributed by atoms with E-state index in [1.165, 1.54) is 11.1 Å². The van der Waals surface area contributed by atoms with Crippen LogP contribution in [0.5, 0.6) is 0 Å². The monoisotopic (exact) mass is 452 g/mol. The fourth-order valence-corrected chi connectivity index (χ4v) is 6.25. The van der Waals surface area contributed by atoms with Crippen molar-refractivity contribution in [2.24, 2.45) is 11.8 Å². The fourth-order valence-electron chi connectivity index (χ4n) is 6.25. The third-order valence-electron chi connectivity index (χ3n) is 7.88. The molecule has 1 aliphatic heterocycles. The van der Waals surface area contributed by atoms with Crippen LogP contribution in [0.4, 0.5) is 5.69 Å². The summed E-state index contributed by atoms with van der Waals surface area (Å²) in [6.07, 6.45) is 1.69. The molecule has 4 nitrogen and oxygen atoms in total. The van der Waals surface area contributed by atoms with Gasteiger partial charge in [-0.3, -0.25) is 9.59 Å². The first kappa shape index (κ1) is 22.4. The predicted octanol–water partition coefficient (Wildman–Crippen LogP) is 4.72. The van der Waals surface area contributed by atoms with Gasteiger partial charge in [0.1, 0.15) is 5.78 Å². The zero-order valence-electron chi connectivity index (χ0n) is 20.0. The van der Waals surface area contributed by atoms with Gasteiger partial charge < -0.3 is 9.80 Å². The molecule has 0 aromatic heterocycles. The highest BCUT2D eigenvalue weighted by Crippen LogP contribution is 2.52. The lowest BCUT2D eigenvalue weighted by molar-refractivity contribution is -0.129. The number of anilines is 1. The van der Waals surface area contributed by atoms with Crippen molar-refractivity contribution in [3.8, 4) is 0 Å². The maximum absolute atomic E-state index is 13.5. The highest BCUT2D eigenvalue weighted by Gasteiger charge is 2.55. The van der Waals surface area contributed by atoms with E-state index in [2.05, 4.69) is 48.5 Å². The molecule has 2 atom stereocenters. The molecule has 1 saturated carbocycles. The minimum Gasteiger partial charge on any atom is -0.377 e. The SMILES string of the molecule is CN(C)c1ccccc1CC(=O)N1CC2C(=O)CCC(c3ccccc3)(c3ccccc3)C2C1. The van der Waals surface area contributed by atoms with E-state index in [9.17, 15) is 9.59 Å². The van der Waals surface area contributed by atoms with Crippen LogP contribution in [0.15, 0.2) is 84.9 Å². The molecule has 4 heteroatoms. The zero-order chi connectivity index (χ0) is 23.7. The number of carbonyl (C=O) groups excluding carboxylic acids is 2.